The molecule has 0 bridgehead atoms. The van der Waals surface area contributed by atoms with Gasteiger partial charge in [0.1, 0.15) is 15.7 Å². The Kier molecular flexibility index (Phi) is 5.77. The summed E-state index contributed by atoms with van der Waals surface area (Å²) in [7, 11) is 1.62. The van der Waals surface area contributed by atoms with E-state index in [0.29, 0.717) is 12.4 Å². The summed E-state index contributed by atoms with van der Waals surface area (Å²) in [6.07, 6.45) is 0. The number of fused-ring (bicyclic) bond motifs is 1. The quantitative estimate of drug-likeness (QED) is 0.647. The number of hydrogen-bond acceptors (Lipinski definition) is 6. The number of thiophene rings is 1. The van der Waals surface area contributed by atoms with Crippen molar-refractivity contribution >= 4 is 39.2 Å². The van der Waals surface area contributed by atoms with Crippen molar-refractivity contribution in [3.05, 3.63) is 16.3 Å². The van der Waals surface area contributed by atoms with Crippen LogP contribution in [0.25, 0.3) is 10.2 Å². The van der Waals surface area contributed by atoms with E-state index in [1.54, 1.807) is 18.4 Å². The molecule has 7 heteroatoms. The molecule has 120 valence electrons. The van der Waals surface area contributed by atoms with Crippen LogP contribution in [0.5, 0.6) is 0 Å². The standard InChI is InChI=1S/C15H21N3O2S2/c1-8(6-20-5)16-12(19)7-21-14-13-9(2)10(3)22-15(13)18-11(4)17-14/h8H,6-7H2,1-5H3,(H,16,19)/t8-/m1/s1. The Hall–Kier alpha value is -1.18. The van der Waals surface area contributed by atoms with Gasteiger partial charge in [0.2, 0.25) is 5.91 Å². The number of nitrogens with one attached hydrogen (secondary N) is 1. The molecule has 2 rings (SSSR count). The van der Waals surface area contributed by atoms with Gasteiger partial charge in [-0.2, -0.15) is 0 Å². The Morgan fingerprint density at radius 3 is 2.77 bits per heavy atom. The summed E-state index contributed by atoms with van der Waals surface area (Å²) < 4.78 is 5.02. The predicted molar refractivity (Wildman–Crippen MR) is 91.8 cm³/mol. The maximum Gasteiger partial charge on any atom is 0.230 e. The lowest BCUT2D eigenvalue weighted by Crippen LogP contribution is -2.36. The van der Waals surface area contributed by atoms with E-state index in [9.17, 15) is 4.79 Å². The van der Waals surface area contributed by atoms with E-state index in [-0.39, 0.29) is 11.9 Å². The first-order valence-corrected chi connectivity index (χ1v) is 8.88. The average molecular weight is 339 g/mol. The van der Waals surface area contributed by atoms with Crippen molar-refractivity contribution in [2.45, 2.75) is 38.8 Å². The van der Waals surface area contributed by atoms with E-state index in [4.69, 9.17) is 4.74 Å². The van der Waals surface area contributed by atoms with Gasteiger partial charge in [0, 0.05) is 23.4 Å². The Morgan fingerprint density at radius 1 is 1.36 bits per heavy atom. The van der Waals surface area contributed by atoms with E-state index in [2.05, 4.69) is 29.1 Å². The first-order valence-electron chi connectivity index (χ1n) is 7.07. The van der Waals surface area contributed by atoms with Crippen molar-refractivity contribution in [3.63, 3.8) is 0 Å². The molecule has 2 heterocycles. The van der Waals surface area contributed by atoms with E-state index in [1.807, 2.05) is 13.8 Å². The van der Waals surface area contributed by atoms with Gasteiger partial charge < -0.3 is 10.1 Å². The zero-order valence-corrected chi connectivity index (χ0v) is 15.2. The molecule has 1 atom stereocenters. The molecule has 1 N–H and O–H groups in total. The Balaban J connectivity index is 2.13. The molecule has 22 heavy (non-hydrogen) atoms. The second kappa shape index (κ2) is 7.39. The van der Waals surface area contributed by atoms with Crippen LogP contribution in [0.1, 0.15) is 23.2 Å². The van der Waals surface area contributed by atoms with E-state index in [1.165, 1.54) is 22.2 Å². The van der Waals surface area contributed by atoms with Crippen LogP contribution >= 0.6 is 23.1 Å². The van der Waals surface area contributed by atoms with Crippen LogP contribution in [0.3, 0.4) is 0 Å². The molecule has 0 fully saturated rings. The lowest BCUT2D eigenvalue weighted by molar-refractivity contribution is -0.119. The number of aryl methyl sites for hydroxylation is 3. The molecule has 2 aromatic rings. The van der Waals surface area contributed by atoms with Gasteiger partial charge in [0.05, 0.1) is 12.4 Å². The number of carbonyl (C=O) groups is 1. The molecule has 1 amide bonds. The highest BCUT2D eigenvalue weighted by Crippen LogP contribution is 2.34. The Bertz CT molecular complexity index is 685. The summed E-state index contributed by atoms with van der Waals surface area (Å²) in [5.41, 5.74) is 1.20. The highest BCUT2D eigenvalue weighted by Gasteiger charge is 2.15. The number of hydrogen-bond donors (Lipinski definition) is 1. The minimum Gasteiger partial charge on any atom is -0.383 e. The minimum atomic E-state index is -0.0106. The first kappa shape index (κ1) is 17.2. The van der Waals surface area contributed by atoms with Gasteiger partial charge in [0.15, 0.2) is 0 Å². The molecule has 0 saturated heterocycles. The third-order valence-electron chi connectivity index (χ3n) is 3.27. The molecule has 0 spiro atoms. The number of thioether (sulfide) groups is 1. The van der Waals surface area contributed by atoms with Crippen LogP contribution in [0.4, 0.5) is 0 Å². The van der Waals surface area contributed by atoms with Crippen molar-refractivity contribution in [2.24, 2.45) is 0 Å². The number of amides is 1. The zero-order valence-electron chi connectivity index (χ0n) is 13.5. The summed E-state index contributed by atoms with van der Waals surface area (Å²) >= 11 is 3.14. The highest BCUT2D eigenvalue weighted by molar-refractivity contribution is 8.00. The van der Waals surface area contributed by atoms with Crippen molar-refractivity contribution in [2.75, 3.05) is 19.5 Å². The second-order valence-corrected chi connectivity index (χ2v) is 7.42. The first-order chi connectivity index (χ1) is 10.4. The molecule has 0 aliphatic carbocycles. The van der Waals surface area contributed by atoms with Crippen molar-refractivity contribution in [3.8, 4) is 0 Å². The normalized spacial score (nSPS) is 12.6. The summed E-state index contributed by atoms with van der Waals surface area (Å²) in [6, 6.07) is 0.00961. The summed E-state index contributed by atoms with van der Waals surface area (Å²) in [5, 5.41) is 4.88. The van der Waals surface area contributed by atoms with E-state index >= 15 is 0 Å². The molecule has 0 unspecified atom stereocenters. The summed E-state index contributed by atoms with van der Waals surface area (Å²) in [6.45, 7) is 8.48. The number of rotatable bonds is 6. The van der Waals surface area contributed by atoms with Gasteiger partial charge in [-0.3, -0.25) is 4.79 Å². The highest BCUT2D eigenvalue weighted by atomic mass is 32.2. The third-order valence-corrected chi connectivity index (χ3v) is 5.35. The monoisotopic (exact) mass is 339 g/mol. The Labute approximate surface area is 138 Å². The number of ether oxygens (including phenoxy) is 1. The molecule has 0 aliphatic heterocycles. The van der Waals surface area contributed by atoms with Gasteiger partial charge in [-0.25, -0.2) is 9.97 Å². The average Bonchev–Trinajstić information content (AvgIpc) is 2.71. The van der Waals surface area contributed by atoms with Gasteiger partial charge >= 0.3 is 0 Å². The predicted octanol–water partition coefficient (Wildman–Crippen LogP) is 2.86. The number of nitrogens with zero attached hydrogens (tertiary/aromatic N) is 2. The smallest absolute Gasteiger partial charge is 0.230 e. The molecular weight excluding hydrogens is 318 g/mol. The summed E-state index contributed by atoms with van der Waals surface area (Å²) in [5.74, 6) is 1.07. The van der Waals surface area contributed by atoms with Gasteiger partial charge in [-0.1, -0.05) is 11.8 Å². The van der Waals surface area contributed by atoms with Crippen LogP contribution in [-0.4, -0.2) is 41.4 Å². The number of methoxy groups -OCH3 is 1. The third kappa shape index (κ3) is 3.97. The van der Waals surface area contributed by atoms with Crippen LogP contribution in [0, 0.1) is 20.8 Å². The fraction of sp³-hybridized carbons (Fsp3) is 0.533. The van der Waals surface area contributed by atoms with Gasteiger partial charge in [-0.05, 0) is 33.3 Å². The second-order valence-electron chi connectivity index (χ2n) is 5.25. The van der Waals surface area contributed by atoms with E-state index < -0.39 is 0 Å². The molecule has 5 nitrogen and oxygen atoms in total. The number of carbonyl (C=O) groups excluding carboxylic acids is 1. The largest absolute Gasteiger partial charge is 0.383 e. The fourth-order valence-corrected chi connectivity index (χ4v) is 4.24. The van der Waals surface area contributed by atoms with E-state index in [0.717, 1.165) is 21.1 Å². The maximum absolute atomic E-state index is 12.0. The van der Waals surface area contributed by atoms with Crippen molar-refractivity contribution in [1.29, 1.82) is 0 Å². The van der Waals surface area contributed by atoms with Crippen LogP contribution in [0.2, 0.25) is 0 Å². The van der Waals surface area contributed by atoms with Crippen molar-refractivity contribution in [1.82, 2.24) is 15.3 Å². The fourth-order valence-electron chi connectivity index (χ4n) is 2.16. The van der Waals surface area contributed by atoms with Crippen LogP contribution in [0.15, 0.2) is 5.03 Å². The maximum atomic E-state index is 12.0. The minimum absolute atomic E-state index is 0.00961. The number of aromatic nitrogens is 2. The SMILES string of the molecule is COC[C@@H](C)NC(=O)CSc1nc(C)nc2sc(C)c(C)c12. The van der Waals surface area contributed by atoms with Crippen LogP contribution in [-0.2, 0) is 9.53 Å². The topological polar surface area (TPSA) is 64.1 Å². The van der Waals surface area contributed by atoms with Gasteiger partial charge in [-0.15, -0.1) is 11.3 Å². The van der Waals surface area contributed by atoms with Gasteiger partial charge in [0.25, 0.3) is 0 Å². The Morgan fingerprint density at radius 2 is 2.09 bits per heavy atom. The lowest BCUT2D eigenvalue weighted by Gasteiger charge is -2.12. The van der Waals surface area contributed by atoms with Crippen LogP contribution < -0.4 is 5.32 Å². The lowest BCUT2D eigenvalue weighted by atomic mass is 10.2. The zero-order chi connectivity index (χ0) is 16.3. The molecule has 2 aromatic heterocycles. The summed E-state index contributed by atoms with van der Waals surface area (Å²) in [4.78, 5) is 23.2. The molecule has 0 aromatic carbocycles. The molecule has 0 saturated carbocycles. The molecule has 0 radical (unpaired) electrons. The molecular formula is C15H21N3O2S2. The van der Waals surface area contributed by atoms with Crippen molar-refractivity contribution < 1.29 is 9.53 Å². The molecule has 0 aliphatic rings.